The molecule has 1 N–H and O–H groups in total. The molecule has 7 nitrogen and oxygen atoms in total. The Balaban J connectivity index is 1.47. The van der Waals surface area contributed by atoms with Crippen LogP contribution in [0.25, 0.3) is 16.6 Å². The van der Waals surface area contributed by atoms with E-state index in [4.69, 9.17) is 4.74 Å². The summed E-state index contributed by atoms with van der Waals surface area (Å²) in [4.78, 5) is 23.6. The number of anilines is 1. The maximum atomic E-state index is 11.6. The van der Waals surface area contributed by atoms with E-state index in [-0.39, 0.29) is 11.6 Å². The van der Waals surface area contributed by atoms with Crippen LogP contribution in [0, 0.1) is 11.3 Å². The molecule has 28 heavy (non-hydrogen) atoms. The highest BCUT2D eigenvalue weighted by Crippen LogP contribution is 2.37. The molecule has 4 heterocycles. The van der Waals surface area contributed by atoms with Crippen LogP contribution in [0.1, 0.15) is 31.2 Å². The minimum Gasteiger partial charge on any atom is -0.377 e. The fourth-order valence-electron chi connectivity index (χ4n) is 4.33. The second kappa shape index (κ2) is 6.73. The Bertz CT molecular complexity index is 980. The molecule has 7 heteroatoms. The van der Waals surface area contributed by atoms with E-state index in [9.17, 15) is 10.1 Å². The number of nitrogens with zero attached hydrogens (tertiary/aromatic N) is 4. The number of aromatic amines is 1. The van der Waals surface area contributed by atoms with Crippen molar-refractivity contribution in [3.05, 3.63) is 30.0 Å². The molecule has 0 radical (unpaired) electrons. The molecule has 1 saturated heterocycles. The summed E-state index contributed by atoms with van der Waals surface area (Å²) >= 11 is 0. The molecule has 2 fully saturated rings. The zero-order chi connectivity index (χ0) is 19.1. The van der Waals surface area contributed by atoms with Crippen molar-refractivity contribution < 1.29 is 9.53 Å². The molecular weight excluding hydrogens is 354 g/mol. The lowest BCUT2D eigenvalue weighted by molar-refractivity contribution is -0.135. The van der Waals surface area contributed by atoms with Crippen LogP contribution in [0.2, 0.25) is 0 Å². The molecule has 2 aromatic heterocycles. The Hall–Kier alpha value is -2.69. The summed E-state index contributed by atoms with van der Waals surface area (Å²) in [7, 11) is 0. The van der Waals surface area contributed by atoms with Crippen molar-refractivity contribution in [1.29, 1.82) is 5.26 Å². The zero-order valence-corrected chi connectivity index (χ0v) is 15.7. The largest absolute Gasteiger partial charge is 0.377 e. The van der Waals surface area contributed by atoms with Gasteiger partial charge in [0.1, 0.15) is 11.5 Å². The van der Waals surface area contributed by atoms with Gasteiger partial charge in [0, 0.05) is 30.7 Å². The van der Waals surface area contributed by atoms with E-state index in [1.54, 1.807) is 4.90 Å². The van der Waals surface area contributed by atoms with E-state index in [1.807, 2.05) is 12.3 Å². The Labute approximate surface area is 163 Å². The van der Waals surface area contributed by atoms with Crippen LogP contribution in [0.5, 0.6) is 0 Å². The molecule has 0 spiro atoms. The van der Waals surface area contributed by atoms with Gasteiger partial charge in [-0.05, 0) is 42.5 Å². The van der Waals surface area contributed by atoms with E-state index >= 15 is 0 Å². The lowest BCUT2D eigenvalue weighted by Gasteiger charge is -2.49. The molecule has 0 aromatic carbocycles. The van der Waals surface area contributed by atoms with Crippen molar-refractivity contribution in [1.82, 2.24) is 14.9 Å². The molecule has 0 unspecified atom stereocenters. The number of hydrogen-bond acceptors (Lipinski definition) is 5. The summed E-state index contributed by atoms with van der Waals surface area (Å²) in [6, 6.07) is 6.71. The number of pyridine rings is 1. The molecule has 3 aliphatic rings. The quantitative estimate of drug-likeness (QED) is 0.782. The van der Waals surface area contributed by atoms with E-state index in [2.05, 4.69) is 33.1 Å². The SMILES string of the molecule is N#CCC1(N2CC=C(c3cc(N(C=O)C4CC4)nc4[nH]ccc34)CC2)COC1. The van der Waals surface area contributed by atoms with Crippen molar-refractivity contribution in [2.75, 3.05) is 31.2 Å². The maximum Gasteiger partial charge on any atom is 0.215 e. The Morgan fingerprint density at radius 2 is 2.32 bits per heavy atom. The minimum absolute atomic E-state index is 0.121. The van der Waals surface area contributed by atoms with Crippen LogP contribution < -0.4 is 4.90 Å². The molecule has 1 amide bonds. The molecule has 1 saturated carbocycles. The van der Waals surface area contributed by atoms with Crippen LogP contribution in [-0.4, -0.2) is 59.2 Å². The number of amides is 1. The summed E-state index contributed by atoms with van der Waals surface area (Å²) in [6.07, 6.45) is 8.55. The molecule has 0 bridgehead atoms. The number of fused-ring (bicyclic) bond motifs is 1. The number of nitriles is 1. The third-order valence-corrected chi connectivity index (χ3v) is 6.21. The molecule has 5 rings (SSSR count). The van der Waals surface area contributed by atoms with E-state index in [0.29, 0.717) is 19.6 Å². The summed E-state index contributed by atoms with van der Waals surface area (Å²) in [5, 5.41) is 10.3. The smallest absolute Gasteiger partial charge is 0.215 e. The number of rotatable bonds is 6. The van der Waals surface area contributed by atoms with Gasteiger partial charge in [0.05, 0.1) is 31.2 Å². The zero-order valence-electron chi connectivity index (χ0n) is 15.7. The average Bonchev–Trinajstić information content (AvgIpc) is 3.41. The first kappa shape index (κ1) is 17.4. The number of hydrogen-bond donors (Lipinski definition) is 1. The minimum atomic E-state index is -0.121. The molecule has 144 valence electrons. The fourth-order valence-corrected chi connectivity index (χ4v) is 4.33. The van der Waals surface area contributed by atoms with Gasteiger partial charge >= 0.3 is 0 Å². The van der Waals surface area contributed by atoms with E-state index in [1.165, 1.54) is 5.57 Å². The molecular formula is C21H23N5O2. The Morgan fingerprint density at radius 3 is 2.93 bits per heavy atom. The lowest BCUT2D eigenvalue weighted by atomic mass is 9.88. The highest BCUT2D eigenvalue weighted by atomic mass is 16.5. The van der Waals surface area contributed by atoms with Gasteiger partial charge in [0.2, 0.25) is 6.41 Å². The van der Waals surface area contributed by atoms with Gasteiger partial charge in [-0.25, -0.2) is 4.98 Å². The first-order chi connectivity index (χ1) is 13.7. The first-order valence-electron chi connectivity index (χ1n) is 9.85. The number of ether oxygens (including phenoxy) is 1. The van der Waals surface area contributed by atoms with Gasteiger partial charge in [0.15, 0.2) is 0 Å². The molecule has 2 aromatic rings. The highest BCUT2D eigenvalue weighted by molar-refractivity contribution is 5.93. The summed E-state index contributed by atoms with van der Waals surface area (Å²) in [6.45, 7) is 2.99. The highest BCUT2D eigenvalue weighted by Gasteiger charge is 2.44. The number of aromatic nitrogens is 2. The van der Waals surface area contributed by atoms with Gasteiger partial charge in [-0.15, -0.1) is 0 Å². The van der Waals surface area contributed by atoms with Crippen LogP contribution in [-0.2, 0) is 9.53 Å². The number of H-pyrrole nitrogens is 1. The fraction of sp³-hybridized carbons (Fsp3) is 0.476. The van der Waals surface area contributed by atoms with Gasteiger partial charge in [0.25, 0.3) is 0 Å². The van der Waals surface area contributed by atoms with Crippen LogP contribution in [0.4, 0.5) is 5.82 Å². The second-order valence-electron chi connectivity index (χ2n) is 7.99. The standard InChI is InChI=1S/C21H23N5O2/c22-7-6-21(12-28-13-21)25-9-4-15(5-10-25)18-11-19(26(14-27)16-1-2-16)24-20-17(18)3-8-23-20/h3-4,8,11,14,16H,1-2,5-6,9-10,12-13H2,(H,23,24). The number of nitrogens with one attached hydrogen (secondary N) is 1. The predicted octanol–water partition coefficient (Wildman–Crippen LogP) is 2.46. The normalized spacial score (nSPS) is 21.6. The molecule has 1 aliphatic carbocycles. The van der Waals surface area contributed by atoms with Crippen molar-refractivity contribution in [2.45, 2.75) is 37.3 Å². The third kappa shape index (κ3) is 2.81. The summed E-state index contributed by atoms with van der Waals surface area (Å²) < 4.78 is 5.42. The summed E-state index contributed by atoms with van der Waals surface area (Å²) in [5.74, 6) is 0.721. The average molecular weight is 377 g/mol. The van der Waals surface area contributed by atoms with Crippen LogP contribution in [0.3, 0.4) is 0 Å². The van der Waals surface area contributed by atoms with Crippen molar-refractivity contribution >= 4 is 28.8 Å². The Morgan fingerprint density at radius 1 is 1.46 bits per heavy atom. The maximum absolute atomic E-state index is 11.6. The van der Waals surface area contributed by atoms with Crippen LogP contribution >= 0.6 is 0 Å². The summed E-state index contributed by atoms with van der Waals surface area (Å²) in [5.41, 5.74) is 3.12. The Kier molecular flexibility index (Phi) is 4.18. The molecule has 2 aliphatic heterocycles. The van der Waals surface area contributed by atoms with Gasteiger partial charge in [-0.1, -0.05) is 6.08 Å². The van der Waals surface area contributed by atoms with Crippen molar-refractivity contribution in [3.8, 4) is 6.07 Å². The monoisotopic (exact) mass is 377 g/mol. The van der Waals surface area contributed by atoms with Crippen LogP contribution in [0.15, 0.2) is 24.4 Å². The van der Waals surface area contributed by atoms with Gasteiger partial charge in [-0.2, -0.15) is 5.26 Å². The van der Waals surface area contributed by atoms with Crippen molar-refractivity contribution in [3.63, 3.8) is 0 Å². The third-order valence-electron chi connectivity index (χ3n) is 6.21. The lowest BCUT2D eigenvalue weighted by Crippen LogP contribution is -2.62. The first-order valence-corrected chi connectivity index (χ1v) is 9.85. The molecule has 0 atom stereocenters. The van der Waals surface area contributed by atoms with E-state index in [0.717, 1.165) is 61.2 Å². The topological polar surface area (TPSA) is 85.3 Å². The van der Waals surface area contributed by atoms with Crippen molar-refractivity contribution in [2.24, 2.45) is 0 Å². The predicted molar refractivity (Wildman–Crippen MR) is 106 cm³/mol. The van der Waals surface area contributed by atoms with Gasteiger partial charge in [-0.3, -0.25) is 14.6 Å². The van der Waals surface area contributed by atoms with E-state index < -0.39 is 0 Å². The van der Waals surface area contributed by atoms with Gasteiger partial charge < -0.3 is 9.72 Å². The number of carbonyl (C=O) groups excluding carboxylic acids is 1. The second-order valence-corrected chi connectivity index (χ2v) is 7.99. The number of carbonyl (C=O) groups is 1.